The van der Waals surface area contributed by atoms with Gasteiger partial charge in [0.15, 0.2) is 5.78 Å². The van der Waals surface area contributed by atoms with Crippen molar-refractivity contribution in [2.75, 3.05) is 19.7 Å². The van der Waals surface area contributed by atoms with Crippen LogP contribution in [0.4, 0.5) is 0 Å². The highest BCUT2D eigenvalue weighted by molar-refractivity contribution is 6.39. The van der Waals surface area contributed by atoms with Crippen molar-refractivity contribution in [1.82, 2.24) is 14.7 Å². The third-order valence-corrected chi connectivity index (χ3v) is 8.77. The molecule has 8 heteroatoms. The Labute approximate surface area is 278 Å². The van der Waals surface area contributed by atoms with Gasteiger partial charge in [-0.2, -0.15) is 5.10 Å². The molecular formula is C39H34ClN3O4. The minimum atomic E-state index is -0.221. The van der Waals surface area contributed by atoms with Crippen molar-refractivity contribution >= 4 is 28.3 Å². The summed E-state index contributed by atoms with van der Waals surface area (Å²) in [4.78, 5) is 16.6. The highest BCUT2D eigenvalue weighted by Crippen LogP contribution is 2.48. The molecule has 236 valence electrons. The summed E-state index contributed by atoms with van der Waals surface area (Å²) in [6.45, 7) is 3.08. The van der Waals surface area contributed by atoms with Gasteiger partial charge in [0, 0.05) is 25.0 Å². The van der Waals surface area contributed by atoms with E-state index in [0.29, 0.717) is 83.7 Å². The first-order valence-electron chi connectivity index (χ1n) is 15.7. The zero-order chi connectivity index (χ0) is 32.2. The molecule has 0 saturated heterocycles. The molecule has 7 rings (SSSR count). The van der Waals surface area contributed by atoms with Gasteiger partial charge in [-0.3, -0.25) is 14.4 Å². The molecule has 0 bridgehead atoms. The molecule has 0 atom stereocenters. The van der Waals surface area contributed by atoms with Gasteiger partial charge >= 0.3 is 0 Å². The molecule has 1 aromatic heterocycles. The molecule has 5 aromatic carbocycles. The third-order valence-electron chi connectivity index (χ3n) is 8.46. The fourth-order valence-corrected chi connectivity index (χ4v) is 6.41. The molecule has 0 amide bonds. The van der Waals surface area contributed by atoms with Crippen molar-refractivity contribution in [3.05, 3.63) is 148 Å². The SMILES string of the molecule is O=C1c2c(OCc3ccccc3)ccc(OCc3ccccc3)c2-c2nn(CCN(CCO)Cc3ccccc3)c3ccc(Cl)c1c23. The average Bonchev–Trinajstić information content (AvgIpc) is 3.48. The van der Waals surface area contributed by atoms with E-state index in [0.717, 1.165) is 16.6 Å². The molecule has 0 radical (unpaired) electrons. The van der Waals surface area contributed by atoms with Gasteiger partial charge in [-0.25, -0.2) is 0 Å². The second kappa shape index (κ2) is 13.8. The first-order valence-corrected chi connectivity index (χ1v) is 16.1. The number of ketones is 1. The number of carbonyl (C=O) groups excluding carboxylic acids is 1. The van der Waals surface area contributed by atoms with Crippen LogP contribution < -0.4 is 9.47 Å². The van der Waals surface area contributed by atoms with Crippen LogP contribution in [0, 0.1) is 0 Å². The van der Waals surface area contributed by atoms with Gasteiger partial charge in [0.2, 0.25) is 0 Å². The Kier molecular flexibility index (Phi) is 9.02. The number of nitrogens with zero attached hydrogens (tertiary/aromatic N) is 3. The highest BCUT2D eigenvalue weighted by Gasteiger charge is 2.36. The van der Waals surface area contributed by atoms with Crippen molar-refractivity contribution in [3.63, 3.8) is 0 Å². The van der Waals surface area contributed by atoms with Gasteiger partial charge in [0.05, 0.1) is 40.4 Å². The van der Waals surface area contributed by atoms with E-state index in [4.69, 9.17) is 26.2 Å². The number of hydrogen-bond donors (Lipinski definition) is 1. The predicted molar refractivity (Wildman–Crippen MR) is 184 cm³/mol. The summed E-state index contributed by atoms with van der Waals surface area (Å²) in [5.41, 5.74) is 6.03. The number of aliphatic hydroxyl groups is 1. The van der Waals surface area contributed by atoms with Crippen molar-refractivity contribution in [3.8, 4) is 22.8 Å². The Morgan fingerprint density at radius 2 is 1.26 bits per heavy atom. The van der Waals surface area contributed by atoms with E-state index in [1.807, 2.05) is 95.7 Å². The molecule has 1 N–H and O–H groups in total. The Morgan fingerprint density at radius 3 is 1.85 bits per heavy atom. The maximum atomic E-state index is 14.4. The molecule has 0 aliphatic heterocycles. The fourth-order valence-electron chi connectivity index (χ4n) is 6.16. The molecule has 7 nitrogen and oxygen atoms in total. The number of hydrogen-bond acceptors (Lipinski definition) is 6. The Balaban J connectivity index is 1.29. The van der Waals surface area contributed by atoms with E-state index in [1.54, 1.807) is 12.1 Å². The molecule has 1 aliphatic carbocycles. The molecule has 0 unspecified atom stereocenters. The molecular weight excluding hydrogens is 610 g/mol. The quantitative estimate of drug-likeness (QED) is 0.140. The standard InChI is InChI=1S/C39H34ClN3O4/c40-30-16-17-31-35-34(30)39(45)37-33(47-26-29-14-8-3-9-15-29)19-18-32(46-25-28-12-6-2-7-13-28)36(37)38(35)41-43(31)21-20-42(22-23-44)24-27-10-4-1-5-11-27/h1-19,44H,20-26H2. The van der Waals surface area contributed by atoms with Crippen LogP contribution in [0.15, 0.2) is 115 Å². The normalized spacial score (nSPS) is 12.0. The number of rotatable bonds is 13. The number of carbonyl (C=O) groups is 1. The smallest absolute Gasteiger partial charge is 0.199 e. The summed E-state index contributed by atoms with van der Waals surface area (Å²) >= 11 is 6.78. The van der Waals surface area contributed by atoms with Gasteiger partial charge in [-0.05, 0) is 41.0 Å². The van der Waals surface area contributed by atoms with E-state index in [-0.39, 0.29) is 12.4 Å². The number of halogens is 1. The minimum Gasteiger partial charge on any atom is -0.488 e. The van der Waals surface area contributed by atoms with Crippen molar-refractivity contribution in [1.29, 1.82) is 0 Å². The van der Waals surface area contributed by atoms with Crippen LogP contribution in [-0.4, -0.2) is 45.3 Å². The maximum absolute atomic E-state index is 14.4. The van der Waals surface area contributed by atoms with Crippen LogP contribution in [0.2, 0.25) is 5.02 Å². The lowest BCUT2D eigenvalue weighted by Crippen LogP contribution is -2.30. The fraction of sp³-hybridized carbons (Fsp3) is 0.179. The van der Waals surface area contributed by atoms with Gasteiger partial charge in [0.25, 0.3) is 0 Å². The zero-order valence-electron chi connectivity index (χ0n) is 25.8. The molecule has 47 heavy (non-hydrogen) atoms. The number of aromatic nitrogens is 2. The van der Waals surface area contributed by atoms with Crippen LogP contribution in [0.5, 0.6) is 11.5 Å². The number of ether oxygens (including phenoxy) is 2. The first kappa shape index (κ1) is 30.7. The number of benzene rings is 5. The topological polar surface area (TPSA) is 76.8 Å². The number of fused-ring (bicyclic) bond motifs is 2. The van der Waals surface area contributed by atoms with E-state index in [9.17, 15) is 9.90 Å². The minimum absolute atomic E-state index is 0.0491. The van der Waals surface area contributed by atoms with E-state index >= 15 is 0 Å². The predicted octanol–water partition coefficient (Wildman–Crippen LogP) is 7.55. The lowest BCUT2D eigenvalue weighted by Gasteiger charge is -2.22. The molecule has 0 fully saturated rings. The first-order chi connectivity index (χ1) is 23.1. The van der Waals surface area contributed by atoms with E-state index in [1.165, 1.54) is 5.56 Å². The van der Waals surface area contributed by atoms with Gasteiger partial charge < -0.3 is 14.6 Å². The van der Waals surface area contributed by atoms with Crippen LogP contribution in [0.3, 0.4) is 0 Å². The Hall–Kier alpha value is -4.95. The number of aliphatic hydroxyl groups excluding tert-OH is 1. The Morgan fingerprint density at radius 1 is 0.681 bits per heavy atom. The van der Waals surface area contributed by atoms with E-state index < -0.39 is 0 Å². The lowest BCUT2D eigenvalue weighted by molar-refractivity contribution is 0.103. The van der Waals surface area contributed by atoms with E-state index in [2.05, 4.69) is 17.0 Å². The average molecular weight is 644 g/mol. The second-order valence-corrected chi connectivity index (χ2v) is 12.0. The highest BCUT2D eigenvalue weighted by atomic mass is 35.5. The summed E-state index contributed by atoms with van der Waals surface area (Å²) in [5, 5.41) is 16.0. The summed E-state index contributed by atoms with van der Waals surface area (Å²) in [6, 6.07) is 37.3. The zero-order valence-corrected chi connectivity index (χ0v) is 26.6. The van der Waals surface area contributed by atoms with Gasteiger partial charge in [-0.1, -0.05) is 103 Å². The Bertz CT molecular complexity index is 2010. The summed E-state index contributed by atoms with van der Waals surface area (Å²) in [6.07, 6.45) is 0. The summed E-state index contributed by atoms with van der Waals surface area (Å²) in [7, 11) is 0. The molecule has 0 spiro atoms. The second-order valence-electron chi connectivity index (χ2n) is 11.6. The largest absolute Gasteiger partial charge is 0.488 e. The van der Waals surface area contributed by atoms with Crippen molar-refractivity contribution in [2.45, 2.75) is 26.3 Å². The van der Waals surface area contributed by atoms with Gasteiger partial charge in [0.1, 0.15) is 30.4 Å². The van der Waals surface area contributed by atoms with Crippen LogP contribution in [0.1, 0.15) is 32.6 Å². The molecule has 6 aromatic rings. The van der Waals surface area contributed by atoms with Crippen molar-refractivity contribution < 1.29 is 19.4 Å². The molecule has 1 heterocycles. The molecule has 1 aliphatic rings. The monoisotopic (exact) mass is 643 g/mol. The van der Waals surface area contributed by atoms with Crippen LogP contribution in [0.25, 0.3) is 22.2 Å². The summed E-state index contributed by atoms with van der Waals surface area (Å²) < 4.78 is 14.7. The van der Waals surface area contributed by atoms with Crippen LogP contribution >= 0.6 is 11.6 Å². The third kappa shape index (κ3) is 6.38. The maximum Gasteiger partial charge on any atom is 0.199 e. The van der Waals surface area contributed by atoms with Gasteiger partial charge in [-0.15, -0.1) is 0 Å². The molecule has 0 saturated carbocycles. The van der Waals surface area contributed by atoms with Crippen LogP contribution in [-0.2, 0) is 26.3 Å². The van der Waals surface area contributed by atoms with Crippen molar-refractivity contribution in [2.24, 2.45) is 0 Å². The lowest BCUT2D eigenvalue weighted by atomic mass is 9.86. The summed E-state index contributed by atoms with van der Waals surface area (Å²) in [5.74, 6) is 0.778.